The van der Waals surface area contributed by atoms with Crippen molar-refractivity contribution < 1.29 is 9.90 Å². The summed E-state index contributed by atoms with van der Waals surface area (Å²) in [4.78, 5) is 12.0. The summed E-state index contributed by atoms with van der Waals surface area (Å²) in [7, 11) is 0. The molecule has 0 heterocycles. The van der Waals surface area contributed by atoms with Crippen molar-refractivity contribution in [2.75, 3.05) is 0 Å². The van der Waals surface area contributed by atoms with E-state index in [2.05, 4.69) is 0 Å². The SMILES string of the molecule is Cc1cccc(-c2c(O)ccc3c2C(=O)CC3)c1. The fraction of sp³-hybridized carbons (Fsp3) is 0.188. The van der Waals surface area contributed by atoms with Crippen LogP contribution in [0.25, 0.3) is 11.1 Å². The third-order valence-corrected chi connectivity index (χ3v) is 3.48. The van der Waals surface area contributed by atoms with E-state index in [9.17, 15) is 9.90 Å². The van der Waals surface area contributed by atoms with Gasteiger partial charge in [0.25, 0.3) is 0 Å². The van der Waals surface area contributed by atoms with Crippen LogP contribution >= 0.6 is 0 Å². The Morgan fingerprint density at radius 2 is 1.89 bits per heavy atom. The van der Waals surface area contributed by atoms with E-state index in [1.165, 1.54) is 0 Å². The number of hydrogen-bond acceptors (Lipinski definition) is 2. The summed E-state index contributed by atoms with van der Waals surface area (Å²) >= 11 is 0. The van der Waals surface area contributed by atoms with Gasteiger partial charge >= 0.3 is 0 Å². The minimum absolute atomic E-state index is 0.136. The molecule has 0 saturated carbocycles. The normalized spacial score (nSPS) is 13.7. The molecule has 0 amide bonds. The van der Waals surface area contributed by atoms with Crippen LogP contribution in [-0.4, -0.2) is 10.9 Å². The number of fused-ring (bicyclic) bond motifs is 1. The molecule has 1 N–H and O–H groups in total. The maximum atomic E-state index is 12.0. The fourth-order valence-corrected chi connectivity index (χ4v) is 2.63. The lowest BCUT2D eigenvalue weighted by atomic mass is 9.94. The molecule has 1 aliphatic rings. The second-order valence-corrected chi connectivity index (χ2v) is 4.79. The van der Waals surface area contributed by atoms with Crippen molar-refractivity contribution in [3.05, 3.63) is 53.1 Å². The second-order valence-electron chi connectivity index (χ2n) is 4.79. The molecule has 3 rings (SSSR count). The molecular formula is C16H14O2. The highest BCUT2D eigenvalue weighted by Crippen LogP contribution is 2.38. The third-order valence-electron chi connectivity index (χ3n) is 3.48. The van der Waals surface area contributed by atoms with Gasteiger partial charge in [-0.1, -0.05) is 35.9 Å². The summed E-state index contributed by atoms with van der Waals surface area (Å²) in [6.07, 6.45) is 1.34. The van der Waals surface area contributed by atoms with Gasteiger partial charge in [0.1, 0.15) is 5.75 Å². The lowest BCUT2D eigenvalue weighted by Crippen LogP contribution is -1.96. The lowest BCUT2D eigenvalue weighted by molar-refractivity contribution is 0.0995. The van der Waals surface area contributed by atoms with Crippen LogP contribution in [0.3, 0.4) is 0 Å². The Morgan fingerprint density at radius 3 is 2.67 bits per heavy atom. The number of hydrogen-bond donors (Lipinski definition) is 1. The van der Waals surface area contributed by atoms with Gasteiger partial charge in [0.15, 0.2) is 5.78 Å². The quantitative estimate of drug-likeness (QED) is 0.825. The highest BCUT2D eigenvalue weighted by Gasteiger charge is 2.25. The molecular weight excluding hydrogens is 224 g/mol. The van der Waals surface area contributed by atoms with Crippen molar-refractivity contribution in [3.63, 3.8) is 0 Å². The van der Waals surface area contributed by atoms with Crippen LogP contribution in [0.2, 0.25) is 0 Å². The van der Waals surface area contributed by atoms with Gasteiger partial charge in [0, 0.05) is 17.5 Å². The Balaban J connectivity index is 2.30. The van der Waals surface area contributed by atoms with Crippen molar-refractivity contribution >= 4 is 5.78 Å². The molecule has 0 aliphatic heterocycles. The first-order valence-electron chi connectivity index (χ1n) is 6.12. The minimum Gasteiger partial charge on any atom is -0.507 e. The van der Waals surface area contributed by atoms with Gasteiger partial charge in [-0.25, -0.2) is 0 Å². The number of carbonyl (C=O) groups excluding carboxylic acids is 1. The zero-order valence-electron chi connectivity index (χ0n) is 10.2. The highest BCUT2D eigenvalue weighted by molar-refractivity contribution is 6.07. The molecule has 0 saturated heterocycles. The Bertz CT molecular complexity index is 642. The predicted octanol–water partition coefficient (Wildman–Crippen LogP) is 3.50. The number of aryl methyl sites for hydroxylation is 2. The lowest BCUT2D eigenvalue weighted by Gasteiger charge is -2.10. The van der Waals surface area contributed by atoms with E-state index in [1.807, 2.05) is 37.3 Å². The number of benzene rings is 2. The molecule has 0 unspecified atom stereocenters. The van der Waals surface area contributed by atoms with E-state index in [0.717, 1.165) is 23.1 Å². The summed E-state index contributed by atoms with van der Waals surface area (Å²) in [6.45, 7) is 2.01. The van der Waals surface area contributed by atoms with Crippen molar-refractivity contribution in [3.8, 4) is 16.9 Å². The average Bonchev–Trinajstić information content (AvgIpc) is 2.71. The van der Waals surface area contributed by atoms with E-state index in [4.69, 9.17) is 0 Å². The zero-order chi connectivity index (χ0) is 12.7. The summed E-state index contributed by atoms with van der Waals surface area (Å²) in [5.74, 6) is 0.326. The molecule has 0 spiro atoms. The fourth-order valence-electron chi connectivity index (χ4n) is 2.63. The maximum absolute atomic E-state index is 12.0. The van der Waals surface area contributed by atoms with Crippen molar-refractivity contribution in [2.45, 2.75) is 19.8 Å². The van der Waals surface area contributed by atoms with E-state index in [0.29, 0.717) is 17.5 Å². The van der Waals surface area contributed by atoms with Gasteiger partial charge in [0.05, 0.1) is 0 Å². The van der Waals surface area contributed by atoms with E-state index in [-0.39, 0.29) is 11.5 Å². The van der Waals surface area contributed by atoms with Gasteiger partial charge in [0.2, 0.25) is 0 Å². The molecule has 0 radical (unpaired) electrons. The number of aromatic hydroxyl groups is 1. The van der Waals surface area contributed by atoms with Gasteiger partial charge in [-0.05, 0) is 30.5 Å². The molecule has 0 aromatic heterocycles. The maximum Gasteiger partial charge on any atom is 0.164 e. The van der Waals surface area contributed by atoms with E-state index < -0.39 is 0 Å². The standard InChI is InChI=1S/C16H14O2/c1-10-3-2-4-12(9-10)16-14(18)8-6-11-5-7-13(17)15(11)16/h2-4,6,8-9,18H,5,7H2,1H3. The van der Waals surface area contributed by atoms with Crippen LogP contribution in [0, 0.1) is 6.92 Å². The number of phenolic OH excluding ortho intramolecular Hbond substituents is 1. The summed E-state index contributed by atoms with van der Waals surface area (Å²) < 4.78 is 0. The van der Waals surface area contributed by atoms with Gasteiger partial charge < -0.3 is 5.11 Å². The molecule has 2 nitrogen and oxygen atoms in total. The monoisotopic (exact) mass is 238 g/mol. The number of rotatable bonds is 1. The molecule has 2 aromatic rings. The average molecular weight is 238 g/mol. The first-order chi connectivity index (χ1) is 8.66. The Kier molecular flexibility index (Phi) is 2.44. The first kappa shape index (κ1) is 11.0. The van der Waals surface area contributed by atoms with E-state index >= 15 is 0 Å². The molecule has 0 bridgehead atoms. The molecule has 90 valence electrons. The largest absolute Gasteiger partial charge is 0.507 e. The molecule has 0 fully saturated rings. The number of carbonyl (C=O) groups is 1. The minimum atomic E-state index is 0.136. The van der Waals surface area contributed by atoms with Crippen LogP contribution in [0.5, 0.6) is 5.75 Å². The Labute approximate surface area is 106 Å². The first-order valence-corrected chi connectivity index (χ1v) is 6.12. The van der Waals surface area contributed by atoms with Crippen molar-refractivity contribution in [1.82, 2.24) is 0 Å². The van der Waals surface area contributed by atoms with Crippen molar-refractivity contribution in [2.24, 2.45) is 0 Å². The molecule has 0 atom stereocenters. The highest BCUT2D eigenvalue weighted by atomic mass is 16.3. The Morgan fingerprint density at radius 1 is 1.06 bits per heavy atom. The molecule has 2 aromatic carbocycles. The summed E-state index contributed by atoms with van der Waals surface area (Å²) in [5, 5.41) is 10.1. The van der Waals surface area contributed by atoms with Crippen molar-refractivity contribution in [1.29, 1.82) is 0 Å². The van der Waals surface area contributed by atoms with Crippen LogP contribution < -0.4 is 0 Å². The van der Waals surface area contributed by atoms with Gasteiger partial charge in [-0.3, -0.25) is 4.79 Å². The summed E-state index contributed by atoms with van der Waals surface area (Å²) in [5.41, 5.74) is 4.49. The molecule has 18 heavy (non-hydrogen) atoms. The number of phenols is 1. The van der Waals surface area contributed by atoms with Crippen LogP contribution in [0.15, 0.2) is 36.4 Å². The van der Waals surface area contributed by atoms with Crippen LogP contribution in [0.4, 0.5) is 0 Å². The van der Waals surface area contributed by atoms with Gasteiger partial charge in [-0.2, -0.15) is 0 Å². The predicted molar refractivity (Wildman–Crippen MR) is 70.9 cm³/mol. The third kappa shape index (κ3) is 1.61. The van der Waals surface area contributed by atoms with Gasteiger partial charge in [-0.15, -0.1) is 0 Å². The van der Waals surface area contributed by atoms with Crippen LogP contribution in [-0.2, 0) is 6.42 Å². The second kappa shape index (κ2) is 3.98. The topological polar surface area (TPSA) is 37.3 Å². The molecule has 2 heteroatoms. The number of Topliss-reactive ketones (excluding diaryl/α,β-unsaturated/α-hetero) is 1. The summed E-state index contributed by atoms with van der Waals surface area (Å²) in [6, 6.07) is 11.4. The Hall–Kier alpha value is -2.09. The molecule has 1 aliphatic carbocycles. The smallest absolute Gasteiger partial charge is 0.164 e. The number of ketones is 1. The van der Waals surface area contributed by atoms with Crippen LogP contribution in [0.1, 0.15) is 27.9 Å². The zero-order valence-corrected chi connectivity index (χ0v) is 10.2. The van der Waals surface area contributed by atoms with E-state index in [1.54, 1.807) is 6.07 Å².